The van der Waals surface area contributed by atoms with E-state index in [0.717, 1.165) is 17.5 Å². The number of thiazole rings is 1. The van der Waals surface area contributed by atoms with Gasteiger partial charge in [-0.25, -0.2) is 20.2 Å². The second-order valence-electron chi connectivity index (χ2n) is 3.70. The summed E-state index contributed by atoms with van der Waals surface area (Å²) in [6.07, 6.45) is -4.60. The number of nitrogens with two attached hydrogens (primary N) is 1. The Morgan fingerprint density at radius 2 is 1.85 bits per heavy atom. The first-order valence-corrected chi connectivity index (χ1v) is 6.04. The zero-order chi connectivity index (χ0) is 14.9. The third-order valence-electron chi connectivity index (χ3n) is 2.30. The number of benzene rings is 1. The number of halogens is 4. The molecule has 2 rings (SSSR count). The summed E-state index contributed by atoms with van der Waals surface area (Å²) in [7, 11) is 0. The molecule has 0 bridgehead atoms. The van der Waals surface area contributed by atoms with Crippen molar-refractivity contribution >= 4 is 22.4 Å². The number of carbonyl (C=O) groups excluding carboxylic acids is 1. The molecule has 1 heterocycles. The normalized spacial score (nSPS) is 11.4. The predicted molar refractivity (Wildman–Crippen MR) is 64.5 cm³/mol. The predicted octanol–water partition coefficient (Wildman–Crippen LogP) is 2.82. The lowest BCUT2D eigenvalue weighted by molar-refractivity contribution is -0.140. The Balaban J connectivity index is 2.22. The van der Waals surface area contributed by atoms with Gasteiger partial charge in [0, 0.05) is 10.9 Å². The number of anilines is 1. The molecule has 0 aliphatic rings. The molecule has 1 amide bonds. The van der Waals surface area contributed by atoms with Crippen LogP contribution in [0.2, 0.25) is 0 Å². The highest BCUT2D eigenvalue weighted by atomic mass is 32.1. The average molecular weight is 305 g/mol. The zero-order valence-electron chi connectivity index (χ0n) is 9.69. The van der Waals surface area contributed by atoms with Gasteiger partial charge >= 0.3 is 6.18 Å². The van der Waals surface area contributed by atoms with Crippen molar-refractivity contribution in [3.05, 3.63) is 46.7 Å². The SMILES string of the molecule is NN(C(=O)c1ccc(F)cc1)c1nc(C(F)(F)F)cs1. The Bertz CT molecular complexity index is 623. The van der Waals surface area contributed by atoms with Crippen LogP contribution in [-0.4, -0.2) is 10.9 Å². The van der Waals surface area contributed by atoms with E-state index in [1.165, 1.54) is 12.1 Å². The quantitative estimate of drug-likeness (QED) is 0.402. The van der Waals surface area contributed by atoms with E-state index in [9.17, 15) is 22.4 Å². The molecule has 0 aliphatic carbocycles. The van der Waals surface area contributed by atoms with Crippen LogP contribution < -0.4 is 10.9 Å². The van der Waals surface area contributed by atoms with Gasteiger partial charge in [-0.05, 0) is 24.3 Å². The van der Waals surface area contributed by atoms with E-state index in [0.29, 0.717) is 16.3 Å². The average Bonchev–Trinajstić information content (AvgIpc) is 2.87. The van der Waals surface area contributed by atoms with E-state index in [1.807, 2.05) is 0 Å². The number of hydrazine groups is 1. The summed E-state index contributed by atoms with van der Waals surface area (Å²) in [5, 5.41) is 0.951. The molecule has 9 heteroatoms. The van der Waals surface area contributed by atoms with Gasteiger partial charge in [0.1, 0.15) is 5.82 Å². The van der Waals surface area contributed by atoms with Crippen LogP contribution in [0.25, 0.3) is 0 Å². The van der Waals surface area contributed by atoms with E-state index in [4.69, 9.17) is 5.84 Å². The second kappa shape index (κ2) is 5.17. The minimum Gasteiger partial charge on any atom is -0.267 e. The van der Waals surface area contributed by atoms with E-state index in [1.54, 1.807) is 0 Å². The van der Waals surface area contributed by atoms with E-state index >= 15 is 0 Å². The molecule has 0 radical (unpaired) electrons. The van der Waals surface area contributed by atoms with Crippen LogP contribution in [0.3, 0.4) is 0 Å². The zero-order valence-corrected chi connectivity index (χ0v) is 10.5. The van der Waals surface area contributed by atoms with Crippen molar-refractivity contribution in [3.8, 4) is 0 Å². The lowest BCUT2D eigenvalue weighted by atomic mass is 10.2. The van der Waals surface area contributed by atoms with Crippen molar-refractivity contribution in [1.82, 2.24) is 4.98 Å². The molecule has 0 spiro atoms. The largest absolute Gasteiger partial charge is 0.434 e. The third-order valence-corrected chi connectivity index (χ3v) is 3.14. The summed E-state index contributed by atoms with van der Waals surface area (Å²) in [5.41, 5.74) is -1.09. The van der Waals surface area contributed by atoms with Crippen molar-refractivity contribution in [1.29, 1.82) is 0 Å². The van der Waals surface area contributed by atoms with E-state index < -0.39 is 23.6 Å². The molecule has 0 fully saturated rings. The summed E-state index contributed by atoms with van der Waals surface area (Å²) < 4.78 is 49.9. The van der Waals surface area contributed by atoms with Gasteiger partial charge in [0.15, 0.2) is 5.69 Å². The molecule has 106 valence electrons. The molecule has 2 N–H and O–H groups in total. The maximum absolute atomic E-state index is 12.7. The number of amides is 1. The standard InChI is InChI=1S/C11H7F4N3OS/c12-7-3-1-6(2-4-7)9(19)18(16)10-17-8(5-20-10)11(13,14)15/h1-5H,16H2. The van der Waals surface area contributed by atoms with Gasteiger partial charge in [0.2, 0.25) is 5.13 Å². The summed E-state index contributed by atoms with van der Waals surface area (Å²) in [6, 6.07) is 4.44. The van der Waals surface area contributed by atoms with Crippen molar-refractivity contribution in [2.45, 2.75) is 6.18 Å². The highest BCUT2D eigenvalue weighted by Gasteiger charge is 2.34. The van der Waals surface area contributed by atoms with Crippen LogP contribution in [0, 0.1) is 5.82 Å². The molecule has 0 saturated carbocycles. The minimum atomic E-state index is -4.60. The smallest absolute Gasteiger partial charge is 0.267 e. The number of rotatable bonds is 2. The Labute approximate surface area is 114 Å². The van der Waals surface area contributed by atoms with E-state index in [2.05, 4.69) is 4.98 Å². The van der Waals surface area contributed by atoms with Crippen molar-refractivity contribution < 1.29 is 22.4 Å². The molecular formula is C11H7F4N3OS. The van der Waals surface area contributed by atoms with Gasteiger partial charge in [-0.2, -0.15) is 13.2 Å². The molecule has 20 heavy (non-hydrogen) atoms. The molecule has 0 aliphatic heterocycles. The monoisotopic (exact) mass is 305 g/mol. The highest BCUT2D eigenvalue weighted by Crippen LogP contribution is 2.32. The number of aromatic nitrogens is 1. The lowest BCUT2D eigenvalue weighted by Gasteiger charge is -2.13. The molecule has 2 aromatic rings. The van der Waals surface area contributed by atoms with Crippen molar-refractivity contribution in [3.63, 3.8) is 0 Å². The van der Waals surface area contributed by atoms with Gasteiger partial charge in [-0.3, -0.25) is 4.79 Å². The lowest BCUT2D eigenvalue weighted by Crippen LogP contribution is -2.37. The number of nitrogens with zero attached hydrogens (tertiary/aromatic N) is 2. The number of hydrogen-bond donors (Lipinski definition) is 1. The highest BCUT2D eigenvalue weighted by molar-refractivity contribution is 7.14. The summed E-state index contributed by atoms with van der Waals surface area (Å²) in [5.74, 6) is 4.11. The van der Waals surface area contributed by atoms with Crippen LogP contribution in [0.1, 0.15) is 16.1 Å². The van der Waals surface area contributed by atoms with Crippen molar-refractivity contribution in [2.75, 3.05) is 5.01 Å². The first-order chi connectivity index (χ1) is 9.29. The number of hydrogen-bond acceptors (Lipinski definition) is 4. The van der Waals surface area contributed by atoms with Gasteiger partial charge in [-0.1, -0.05) is 0 Å². The fourth-order valence-corrected chi connectivity index (χ4v) is 2.07. The second-order valence-corrected chi connectivity index (χ2v) is 4.53. The molecule has 0 saturated heterocycles. The maximum Gasteiger partial charge on any atom is 0.434 e. The van der Waals surface area contributed by atoms with Gasteiger partial charge in [0.05, 0.1) is 0 Å². The fraction of sp³-hybridized carbons (Fsp3) is 0.0909. The van der Waals surface area contributed by atoms with Crippen LogP contribution in [0.4, 0.5) is 22.7 Å². The molecule has 0 unspecified atom stereocenters. The summed E-state index contributed by atoms with van der Waals surface area (Å²) >= 11 is 0.586. The molecule has 1 aromatic heterocycles. The van der Waals surface area contributed by atoms with E-state index in [-0.39, 0.29) is 10.7 Å². The van der Waals surface area contributed by atoms with Gasteiger partial charge in [-0.15, -0.1) is 11.3 Å². The van der Waals surface area contributed by atoms with Crippen molar-refractivity contribution in [2.24, 2.45) is 5.84 Å². The Hall–Kier alpha value is -2.00. The third kappa shape index (κ3) is 2.94. The van der Waals surface area contributed by atoms with Gasteiger partial charge in [0.25, 0.3) is 5.91 Å². The van der Waals surface area contributed by atoms with Gasteiger partial charge < -0.3 is 0 Å². The number of alkyl halides is 3. The fourth-order valence-electron chi connectivity index (χ4n) is 1.32. The van der Waals surface area contributed by atoms with Crippen LogP contribution >= 0.6 is 11.3 Å². The summed E-state index contributed by atoms with van der Waals surface area (Å²) in [4.78, 5) is 15.1. The first-order valence-electron chi connectivity index (χ1n) is 5.16. The number of carbonyl (C=O) groups is 1. The topological polar surface area (TPSA) is 59.2 Å². The molecular weight excluding hydrogens is 298 g/mol. The van der Waals surface area contributed by atoms with Crippen LogP contribution in [0.15, 0.2) is 29.6 Å². The van der Waals surface area contributed by atoms with Crippen LogP contribution in [-0.2, 0) is 6.18 Å². The molecule has 1 aromatic carbocycles. The Morgan fingerprint density at radius 3 is 2.35 bits per heavy atom. The maximum atomic E-state index is 12.7. The molecule has 4 nitrogen and oxygen atoms in total. The Kier molecular flexibility index (Phi) is 3.73. The summed E-state index contributed by atoms with van der Waals surface area (Å²) in [6.45, 7) is 0. The Morgan fingerprint density at radius 1 is 1.25 bits per heavy atom. The van der Waals surface area contributed by atoms with Crippen LogP contribution in [0.5, 0.6) is 0 Å². The molecule has 0 atom stereocenters. The first kappa shape index (κ1) is 14.4. The minimum absolute atomic E-state index is 0.0395.